The smallest absolute Gasteiger partial charge is 0.279 e. The molecule has 1 saturated carbocycles. The minimum atomic E-state index is -0.268. The Labute approximate surface area is 175 Å². The van der Waals surface area contributed by atoms with E-state index in [0.717, 1.165) is 12.8 Å². The summed E-state index contributed by atoms with van der Waals surface area (Å²) in [4.78, 5) is 26.4. The van der Waals surface area contributed by atoms with Gasteiger partial charge in [0.2, 0.25) is 0 Å². The summed E-state index contributed by atoms with van der Waals surface area (Å²) in [5.41, 5.74) is 0.548. The fourth-order valence-electron chi connectivity index (χ4n) is 4.30. The summed E-state index contributed by atoms with van der Waals surface area (Å²) in [6, 6.07) is 14.3. The van der Waals surface area contributed by atoms with Crippen LogP contribution in [0.4, 0.5) is 0 Å². The van der Waals surface area contributed by atoms with Gasteiger partial charge < -0.3 is 10.1 Å². The summed E-state index contributed by atoms with van der Waals surface area (Å²) in [7, 11) is 1.57. The maximum absolute atomic E-state index is 13.3. The van der Waals surface area contributed by atoms with Gasteiger partial charge in [-0.05, 0) is 36.5 Å². The van der Waals surface area contributed by atoms with Crippen molar-refractivity contribution in [3.05, 3.63) is 64.6 Å². The van der Waals surface area contributed by atoms with E-state index in [1.165, 1.54) is 11.1 Å². The molecule has 6 heteroatoms. The number of fused-ring (bicyclic) bond motifs is 1. The van der Waals surface area contributed by atoms with Crippen molar-refractivity contribution in [2.75, 3.05) is 7.11 Å². The van der Waals surface area contributed by atoms with Crippen molar-refractivity contribution in [1.82, 2.24) is 15.1 Å². The molecule has 156 valence electrons. The molecule has 3 aromatic rings. The van der Waals surface area contributed by atoms with E-state index in [4.69, 9.17) is 4.74 Å². The molecule has 4 rings (SSSR count). The Morgan fingerprint density at radius 2 is 1.87 bits per heavy atom. The standard InChI is InChI=1S/C24H27N3O3/c1-15-8-6-13-21(16(15)2)25-23(28)22-19-11-4-5-12-20(19)24(29)27(26-22)17-9-7-10-18(14-17)30-3/h4-5,7,9-12,14-16,21H,6,8,13H2,1-3H3,(H,25,28). The minimum absolute atomic E-state index is 0.110. The maximum atomic E-state index is 13.3. The fourth-order valence-corrected chi connectivity index (χ4v) is 4.30. The minimum Gasteiger partial charge on any atom is -0.497 e. The average Bonchev–Trinajstić information content (AvgIpc) is 2.77. The van der Waals surface area contributed by atoms with E-state index in [1.807, 2.05) is 6.07 Å². The van der Waals surface area contributed by atoms with Gasteiger partial charge in [0.1, 0.15) is 5.75 Å². The number of ether oxygens (including phenoxy) is 1. The highest BCUT2D eigenvalue weighted by Crippen LogP contribution is 2.30. The number of amides is 1. The van der Waals surface area contributed by atoms with Gasteiger partial charge in [-0.1, -0.05) is 51.0 Å². The zero-order valence-electron chi connectivity index (χ0n) is 17.6. The lowest BCUT2D eigenvalue weighted by atomic mass is 9.78. The molecule has 0 bridgehead atoms. The highest BCUT2D eigenvalue weighted by atomic mass is 16.5. The molecule has 0 aliphatic heterocycles. The van der Waals surface area contributed by atoms with Gasteiger partial charge in [0.25, 0.3) is 11.5 Å². The SMILES string of the molecule is COc1cccc(-n2nc(C(=O)NC3CCCC(C)C3C)c3ccccc3c2=O)c1. The van der Waals surface area contributed by atoms with Gasteiger partial charge in [-0.15, -0.1) is 0 Å². The number of rotatable bonds is 4. The Morgan fingerprint density at radius 1 is 1.10 bits per heavy atom. The van der Waals surface area contributed by atoms with Crippen LogP contribution in [0.5, 0.6) is 5.75 Å². The van der Waals surface area contributed by atoms with Crippen molar-refractivity contribution in [1.29, 1.82) is 0 Å². The third kappa shape index (κ3) is 3.70. The van der Waals surface area contributed by atoms with Crippen LogP contribution in [-0.2, 0) is 0 Å². The van der Waals surface area contributed by atoms with Crippen molar-refractivity contribution < 1.29 is 9.53 Å². The molecule has 1 aromatic heterocycles. The predicted molar refractivity (Wildman–Crippen MR) is 117 cm³/mol. The van der Waals surface area contributed by atoms with Gasteiger partial charge >= 0.3 is 0 Å². The molecule has 6 nitrogen and oxygen atoms in total. The lowest BCUT2D eigenvalue weighted by Crippen LogP contribution is -2.44. The number of nitrogens with one attached hydrogen (secondary N) is 1. The molecule has 1 aliphatic carbocycles. The first kappa shape index (κ1) is 20.1. The third-order valence-electron chi connectivity index (χ3n) is 6.34. The largest absolute Gasteiger partial charge is 0.497 e. The lowest BCUT2D eigenvalue weighted by molar-refractivity contribution is 0.0886. The molecule has 1 N–H and O–H groups in total. The van der Waals surface area contributed by atoms with Crippen LogP contribution in [-0.4, -0.2) is 28.8 Å². The Kier molecular flexibility index (Phi) is 5.57. The Morgan fingerprint density at radius 3 is 2.63 bits per heavy atom. The van der Waals surface area contributed by atoms with Crippen molar-refractivity contribution in [3.63, 3.8) is 0 Å². The van der Waals surface area contributed by atoms with Gasteiger partial charge in [0, 0.05) is 17.5 Å². The highest BCUT2D eigenvalue weighted by Gasteiger charge is 2.29. The maximum Gasteiger partial charge on any atom is 0.279 e. The third-order valence-corrected chi connectivity index (χ3v) is 6.34. The Hall–Kier alpha value is -3.15. The predicted octanol–water partition coefficient (Wildman–Crippen LogP) is 3.95. The monoisotopic (exact) mass is 405 g/mol. The van der Waals surface area contributed by atoms with Crippen LogP contribution in [0.25, 0.3) is 16.5 Å². The van der Waals surface area contributed by atoms with Crippen molar-refractivity contribution in [3.8, 4) is 11.4 Å². The fraction of sp³-hybridized carbons (Fsp3) is 0.375. The van der Waals surface area contributed by atoms with E-state index >= 15 is 0 Å². The summed E-state index contributed by atoms with van der Waals surface area (Å²) in [5, 5.41) is 8.71. The van der Waals surface area contributed by atoms with Crippen LogP contribution in [0.15, 0.2) is 53.3 Å². The second-order valence-electron chi connectivity index (χ2n) is 8.16. The quantitative estimate of drug-likeness (QED) is 0.713. The van der Waals surface area contributed by atoms with E-state index in [1.54, 1.807) is 49.6 Å². The summed E-state index contributed by atoms with van der Waals surface area (Å²) < 4.78 is 6.57. The number of aromatic nitrogens is 2. The van der Waals surface area contributed by atoms with E-state index in [-0.39, 0.29) is 23.2 Å². The van der Waals surface area contributed by atoms with Crippen LogP contribution in [0.3, 0.4) is 0 Å². The zero-order chi connectivity index (χ0) is 21.3. The molecule has 0 radical (unpaired) electrons. The molecule has 1 fully saturated rings. The summed E-state index contributed by atoms with van der Waals surface area (Å²) in [6.07, 6.45) is 3.26. The molecule has 30 heavy (non-hydrogen) atoms. The first-order valence-corrected chi connectivity index (χ1v) is 10.5. The van der Waals surface area contributed by atoms with E-state index < -0.39 is 0 Å². The van der Waals surface area contributed by atoms with E-state index in [2.05, 4.69) is 24.3 Å². The second-order valence-corrected chi connectivity index (χ2v) is 8.16. The van der Waals surface area contributed by atoms with Gasteiger partial charge in [-0.2, -0.15) is 9.78 Å². The lowest BCUT2D eigenvalue weighted by Gasteiger charge is -2.34. The molecule has 1 aliphatic rings. The number of hydrogen-bond donors (Lipinski definition) is 1. The van der Waals surface area contributed by atoms with E-state index in [9.17, 15) is 9.59 Å². The average molecular weight is 405 g/mol. The number of carbonyl (C=O) groups is 1. The van der Waals surface area contributed by atoms with Gasteiger partial charge in [0.15, 0.2) is 5.69 Å². The second kappa shape index (κ2) is 8.30. The molecule has 1 amide bonds. The molecule has 0 spiro atoms. The highest BCUT2D eigenvalue weighted by molar-refractivity contribution is 6.05. The first-order valence-electron chi connectivity index (χ1n) is 10.5. The number of hydrogen-bond acceptors (Lipinski definition) is 4. The van der Waals surface area contributed by atoms with Crippen molar-refractivity contribution in [2.24, 2.45) is 11.8 Å². The molecule has 0 saturated heterocycles. The van der Waals surface area contributed by atoms with Gasteiger partial charge in [-0.3, -0.25) is 9.59 Å². The van der Waals surface area contributed by atoms with Crippen LogP contribution in [0.2, 0.25) is 0 Å². The van der Waals surface area contributed by atoms with Crippen LogP contribution >= 0.6 is 0 Å². The molecule has 3 atom stereocenters. The Balaban J connectivity index is 1.80. The number of benzene rings is 2. The summed E-state index contributed by atoms with van der Waals surface area (Å²) in [6.45, 7) is 4.43. The first-order chi connectivity index (χ1) is 14.5. The molecule has 3 unspecified atom stereocenters. The van der Waals surface area contributed by atoms with E-state index in [0.29, 0.717) is 34.0 Å². The molecule has 2 aromatic carbocycles. The van der Waals surface area contributed by atoms with Crippen LogP contribution < -0.4 is 15.6 Å². The number of methoxy groups -OCH3 is 1. The van der Waals surface area contributed by atoms with Crippen LogP contribution in [0.1, 0.15) is 43.6 Å². The topological polar surface area (TPSA) is 73.2 Å². The van der Waals surface area contributed by atoms with Crippen molar-refractivity contribution in [2.45, 2.75) is 39.2 Å². The summed E-state index contributed by atoms with van der Waals surface area (Å²) >= 11 is 0. The summed E-state index contributed by atoms with van der Waals surface area (Å²) in [5.74, 6) is 1.34. The Bertz CT molecular complexity index is 1140. The normalized spacial score (nSPS) is 21.4. The van der Waals surface area contributed by atoms with Gasteiger partial charge in [0.05, 0.1) is 18.2 Å². The molecule has 1 heterocycles. The molecular weight excluding hydrogens is 378 g/mol. The zero-order valence-corrected chi connectivity index (χ0v) is 17.6. The van der Waals surface area contributed by atoms with Gasteiger partial charge in [-0.25, -0.2) is 0 Å². The molecular formula is C24H27N3O3. The van der Waals surface area contributed by atoms with Crippen LogP contribution in [0, 0.1) is 11.8 Å². The number of nitrogens with zero attached hydrogens (tertiary/aromatic N) is 2. The number of carbonyl (C=O) groups excluding carboxylic acids is 1. The van der Waals surface area contributed by atoms with Crippen molar-refractivity contribution >= 4 is 16.7 Å².